The molecule has 18 heavy (non-hydrogen) atoms. The molecule has 0 aliphatic rings. The molecule has 93 valence electrons. The van der Waals surface area contributed by atoms with Gasteiger partial charge in [-0.05, 0) is 29.8 Å². The summed E-state index contributed by atoms with van der Waals surface area (Å²) >= 11 is 0. The molecule has 0 spiro atoms. The van der Waals surface area contributed by atoms with Crippen molar-refractivity contribution in [1.82, 2.24) is 0 Å². The van der Waals surface area contributed by atoms with Crippen LogP contribution in [-0.4, -0.2) is 0 Å². The van der Waals surface area contributed by atoms with Crippen LogP contribution < -0.4 is 0 Å². The van der Waals surface area contributed by atoms with E-state index < -0.39 is 23.4 Å². The lowest BCUT2D eigenvalue weighted by molar-refractivity contribution is -0.137. The zero-order valence-electron chi connectivity index (χ0n) is 8.85. The zero-order valence-corrected chi connectivity index (χ0v) is 8.85. The van der Waals surface area contributed by atoms with Gasteiger partial charge in [0.25, 0.3) is 0 Å². The molecule has 5 heteroatoms. The second-order valence-electron chi connectivity index (χ2n) is 3.59. The highest BCUT2D eigenvalue weighted by atomic mass is 19.4. The van der Waals surface area contributed by atoms with Crippen LogP contribution in [0.25, 0.3) is 11.1 Å². The van der Waals surface area contributed by atoms with Gasteiger partial charge in [-0.2, -0.15) is 13.2 Å². The van der Waals surface area contributed by atoms with Gasteiger partial charge in [-0.15, -0.1) is 0 Å². The van der Waals surface area contributed by atoms with Crippen molar-refractivity contribution >= 4 is 0 Å². The van der Waals surface area contributed by atoms with E-state index in [-0.39, 0.29) is 11.1 Å². The fraction of sp³-hybridized carbons (Fsp3) is 0.0769. The summed E-state index contributed by atoms with van der Waals surface area (Å²) in [5.74, 6) is -1.88. The molecule has 0 aromatic heterocycles. The van der Waals surface area contributed by atoms with Gasteiger partial charge >= 0.3 is 6.18 Å². The highest BCUT2D eigenvalue weighted by molar-refractivity contribution is 5.68. The molecule has 0 nitrogen and oxygen atoms in total. The molecule has 0 fully saturated rings. The third-order valence-corrected chi connectivity index (χ3v) is 2.39. The maximum absolute atomic E-state index is 13.5. The van der Waals surface area contributed by atoms with Gasteiger partial charge in [-0.1, -0.05) is 12.1 Å². The summed E-state index contributed by atoms with van der Waals surface area (Å²) in [6, 6.07) is 7.81. The molecule has 0 heterocycles. The van der Waals surface area contributed by atoms with Gasteiger partial charge in [-0.3, -0.25) is 0 Å². The summed E-state index contributed by atoms with van der Waals surface area (Å²) in [6.45, 7) is 0. The zero-order chi connectivity index (χ0) is 13.3. The van der Waals surface area contributed by atoms with Crippen molar-refractivity contribution < 1.29 is 22.0 Å². The second kappa shape index (κ2) is 4.40. The van der Waals surface area contributed by atoms with E-state index in [1.165, 1.54) is 6.07 Å². The molecule has 0 bridgehead atoms. The Bertz CT molecular complexity index is 572. The van der Waals surface area contributed by atoms with Gasteiger partial charge in [0.1, 0.15) is 11.6 Å². The lowest BCUT2D eigenvalue weighted by Crippen LogP contribution is -2.07. The molecule has 2 aromatic carbocycles. The predicted molar refractivity (Wildman–Crippen MR) is 55.6 cm³/mol. The highest BCUT2D eigenvalue weighted by Gasteiger charge is 2.33. The Morgan fingerprint density at radius 2 is 1.67 bits per heavy atom. The van der Waals surface area contributed by atoms with Crippen LogP contribution in [0.4, 0.5) is 22.0 Å². The van der Waals surface area contributed by atoms with Crippen molar-refractivity contribution in [2.24, 2.45) is 0 Å². The fourth-order valence-electron chi connectivity index (χ4n) is 1.61. The third-order valence-electron chi connectivity index (χ3n) is 2.39. The molecule has 0 aliphatic carbocycles. The molecule has 0 amide bonds. The number of alkyl halides is 3. The summed E-state index contributed by atoms with van der Waals surface area (Å²) in [6.07, 6.45) is -4.62. The molecule has 1 radical (unpaired) electrons. The largest absolute Gasteiger partial charge is 0.417 e. The average Bonchev–Trinajstić information content (AvgIpc) is 2.28. The normalized spacial score (nSPS) is 11.6. The topological polar surface area (TPSA) is 0 Å². The van der Waals surface area contributed by atoms with Gasteiger partial charge < -0.3 is 0 Å². The van der Waals surface area contributed by atoms with E-state index >= 15 is 0 Å². The summed E-state index contributed by atoms with van der Waals surface area (Å²) in [4.78, 5) is 0. The molecule has 0 atom stereocenters. The van der Waals surface area contributed by atoms with Crippen molar-refractivity contribution in [2.75, 3.05) is 0 Å². The molecule has 0 N–H and O–H groups in total. The summed E-state index contributed by atoms with van der Waals surface area (Å²) in [7, 11) is 0. The quantitative estimate of drug-likeness (QED) is 0.662. The van der Waals surface area contributed by atoms with Crippen LogP contribution in [0.1, 0.15) is 5.56 Å². The molecular formula is C13H6F5. The van der Waals surface area contributed by atoms with Crippen LogP contribution >= 0.6 is 0 Å². The molecule has 0 saturated carbocycles. The minimum absolute atomic E-state index is 0.294. The minimum atomic E-state index is -4.62. The lowest BCUT2D eigenvalue weighted by Gasteiger charge is -2.13. The molecule has 2 aromatic rings. The van der Waals surface area contributed by atoms with E-state index in [2.05, 4.69) is 6.07 Å². The van der Waals surface area contributed by atoms with E-state index in [1.54, 1.807) is 0 Å². The molecule has 0 unspecified atom stereocenters. The lowest BCUT2D eigenvalue weighted by atomic mass is 9.99. The van der Waals surface area contributed by atoms with Crippen molar-refractivity contribution in [3.8, 4) is 11.1 Å². The fourth-order valence-corrected chi connectivity index (χ4v) is 1.61. The monoisotopic (exact) mass is 257 g/mol. The van der Waals surface area contributed by atoms with Crippen molar-refractivity contribution in [1.29, 1.82) is 0 Å². The average molecular weight is 257 g/mol. The first kappa shape index (κ1) is 12.5. The Hall–Kier alpha value is -1.91. The smallest absolute Gasteiger partial charge is 0.207 e. The van der Waals surface area contributed by atoms with Gasteiger partial charge in [0.15, 0.2) is 0 Å². The standard InChI is InChI=1S/C13H6F5/c14-8-5-6-10(12(15)7-8)9-3-1-2-4-11(9)13(16,17)18/h1,3-7H. The van der Waals surface area contributed by atoms with Crippen LogP contribution in [0, 0.1) is 17.7 Å². The Morgan fingerprint density at radius 3 is 2.28 bits per heavy atom. The second-order valence-corrected chi connectivity index (χ2v) is 3.59. The number of hydrogen-bond donors (Lipinski definition) is 0. The van der Waals surface area contributed by atoms with E-state index in [0.29, 0.717) is 6.07 Å². The molecule has 0 saturated heterocycles. The first-order valence-corrected chi connectivity index (χ1v) is 4.92. The Labute approximate surface area is 99.7 Å². The van der Waals surface area contributed by atoms with Crippen LogP contribution in [0.2, 0.25) is 0 Å². The predicted octanol–water partition coefficient (Wildman–Crippen LogP) is 4.45. The molecule has 0 aliphatic heterocycles. The van der Waals surface area contributed by atoms with Crippen LogP contribution in [0.3, 0.4) is 0 Å². The van der Waals surface area contributed by atoms with Crippen LogP contribution in [-0.2, 0) is 6.18 Å². The summed E-state index contributed by atoms with van der Waals surface area (Å²) in [5.41, 5.74) is -1.63. The number of halogens is 5. The Kier molecular flexibility index (Phi) is 3.07. The van der Waals surface area contributed by atoms with Crippen molar-refractivity contribution in [3.63, 3.8) is 0 Å². The number of rotatable bonds is 1. The number of hydrogen-bond acceptors (Lipinski definition) is 0. The van der Waals surface area contributed by atoms with E-state index in [4.69, 9.17) is 0 Å². The minimum Gasteiger partial charge on any atom is -0.207 e. The van der Waals surface area contributed by atoms with Crippen LogP contribution in [0.15, 0.2) is 36.4 Å². The van der Waals surface area contributed by atoms with E-state index in [9.17, 15) is 22.0 Å². The molecular weight excluding hydrogens is 251 g/mol. The van der Waals surface area contributed by atoms with Crippen molar-refractivity contribution in [2.45, 2.75) is 6.18 Å². The van der Waals surface area contributed by atoms with E-state index in [1.807, 2.05) is 0 Å². The Balaban J connectivity index is 2.64. The SMILES string of the molecule is Fc1ccc(-c2cc[c]cc2C(F)(F)F)c(F)c1. The van der Waals surface area contributed by atoms with Gasteiger partial charge in [0.05, 0.1) is 5.56 Å². The van der Waals surface area contributed by atoms with E-state index in [0.717, 1.165) is 24.3 Å². The number of benzene rings is 2. The summed E-state index contributed by atoms with van der Waals surface area (Å²) < 4.78 is 64.4. The Morgan fingerprint density at radius 1 is 0.944 bits per heavy atom. The summed E-state index contributed by atoms with van der Waals surface area (Å²) in [5, 5.41) is 0. The van der Waals surface area contributed by atoms with Gasteiger partial charge in [0.2, 0.25) is 0 Å². The van der Waals surface area contributed by atoms with Crippen LogP contribution in [0.5, 0.6) is 0 Å². The van der Waals surface area contributed by atoms with Gasteiger partial charge in [-0.25, -0.2) is 8.78 Å². The van der Waals surface area contributed by atoms with Gasteiger partial charge in [0, 0.05) is 11.6 Å². The van der Waals surface area contributed by atoms with Crippen molar-refractivity contribution in [3.05, 3.63) is 59.7 Å². The first-order chi connectivity index (χ1) is 8.39. The molecule has 2 rings (SSSR count). The third kappa shape index (κ3) is 2.34. The highest BCUT2D eigenvalue weighted by Crippen LogP contribution is 2.37. The first-order valence-electron chi connectivity index (χ1n) is 4.92. The maximum Gasteiger partial charge on any atom is 0.417 e. The maximum atomic E-state index is 13.5.